The molecule has 1 saturated carbocycles. The third kappa shape index (κ3) is 3.69. The SMILES string of the molecule is COC(=O)CC1(CSc2c(N)cccc2C(=O)OC)CC1. The van der Waals surface area contributed by atoms with Crippen molar-refractivity contribution in [3.8, 4) is 0 Å². The first-order valence-corrected chi connectivity index (χ1v) is 7.66. The number of carbonyl (C=O) groups is 2. The quantitative estimate of drug-likeness (QED) is 0.494. The van der Waals surface area contributed by atoms with Gasteiger partial charge >= 0.3 is 11.9 Å². The van der Waals surface area contributed by atoms with E-state index < -0.39 is 5.97 Å². The Balaban J connectivity index is 2.10. The molecule has 0 radical (unpaired) electrons. The molecule has 1 aromatic carbocycles. The van der Waals surface area contributed by atoms with Crippen LogP contribution in [0.15, 0.2) is 23.1 Å². The van der Waals surface area contributed by atoms with Crippen LogP contribution in [0.25, 0.3) is 0 Å². The normalized spacial score (nSPS) is 15.3. The molecule has 114 valence electrons. The Morgan fingerprint density at radius 2 is 2.00 bits per heavy atom. The van der Waals surface area contributed by atoms with Crippen LogP contribution in [0, 0.1) is 5.41 Å². The lowest BCUT2D eigenvalue weighted by molar-refractivity contribution is -0.141. The highest BCUT2D eigenvalue weighted by atomic mass is 32.2. The van der Waals surface area contributed by atoms with Crippen LogP contribution in [-0.4, -0.2) is 31.9 Å². The number of methoxy groups -OCH3 is 2. The van der Waals surface area contributed by atoms with Gasteiger partial charge in [-0.15, -0.1) is 11.8 Å². The zero-order chi connectivity index (χ0) is 15.5. The average molecular weight is 309 g/mol. The third-order valence-electron chi connectivity index (χ3n) is 3.68. The van der Waals surface area contributed by atoms with Gasteiger partial charge in [-0.1, -0.05) is 6.07 Å². The van der Waals surface area contributed by atoms with Gasteiger partial charge in [-0.25, -0.2) is 4.79 Å². The van der Waals surface area contributed by atoms with Crippen LogP contribution in [0.4, 0.5) is 5.69 Å². The maximum atomic E-state index is 11.8. The lowest BCUT2D eigenvalue weighted by Crippen LogP contribution is -2.13. The predicted molar refractivity (Wildman–Crippen MR) is 81.2 cm³/mol. The van der Waals surface area contributed by atoms with Crippen molar-refractivity contribution in [1.29, 1.82) is 0 Å². The molecule has 1 aliphatic rings. The molecular weight excluding hydrogens is 290 g/mol. The minimum Gasteiger partial charge on any atom is -0.469 e. The number of benzene rings is 1. The Labute approximate surface area is 128 Å². The van der Waals surface area contributed by atoms with E-state index in [2.05, 4.69) is 0 Å². The van der Waals surface area contributed by atoms with Crippen molar-refractivity contribution in [2.75, 3.05) is 25.7 Å². The summed E-state index contributed by atoms with van der Waals surface area (Å²) in [6.45, 7) is 0. The number of esters is 2. The maximum Gasteiger partial charge on any atom is 0.339 e. The Bertz CT molecular complexity index is 555. The number of ether oxygens (including phenoxy) is 2. The van der Waals surface area contributed by atoms with E-state index in [1.165, 1.54) is 26.0 Å². The van der Waals surface area contributed by atoms with Gasteiger partial charge in [-0.3, -0.25) is 4.79 Å². The summed E-state index contributed by atoms with van der Waals surface area (Å²) < 4.78 is 9.51. The molecule has 0 saturated heterocycles. The van der Waals surface area contributed by atoms with Gasteiger partial charge in [0, 0.05) is 16.3 Å². The Hall–Kier alpha value is -1.69. The maximum absolute atomic E-state index is 11.8. The van der Waals surface area contributed by atoms with Crippen LogP contribution in [0.5, 0.6) is 0 Å². The molecule has 1 aromatic rings. The van der Waals surface area contributed by atoms with Gasteiger partial charge in [0.15, 0.2) is 0 Å². The molecule has 1 fully saturated rings. The number of hydrogen-bond acceptors (Lipinski definition) is 6. The van der Waals surface area contributed by atoms with E-state index >= 15 is 0 Å². The summed E-state index contributed by atoms with van der Waals surface area (Å²) >= 11 is 1.51. The largest absolute Gasteiger partial charge is 0.469 e. The van der Waals surface area contributed by atoms with Gasteiger partial charge in [-0.2, -0.15) is 0 Å². The lowest BCUT2D eigenvalue weighted by atomic mass is 10.1. The van der Waals surface area contributed by atoms with Crippen molar-refractivity contribution in [1.82, 2.24) is 0 Å². The van der Waals surface area contributed by atoms with Crippen LogP contribution in [0.3, 0.4) is 0 Å². The number of nitrogen functional groups attached to an aromatic ring is 1. The van der Waals surface area contributed by atoms with Crippen molar-refractivity contribution in [2.45, 2.75) is 24.2 Å². The number of anilines is 1. The monoisotopic (exact) mass is 309 g/mol. The van der Waals surface area contributed by atoms with E-state index in [0.717, 1.165) is 23.5 Å². The molecule has 1 aliphatic carbocycles. The molecule has 2 rings (SSSR count). The standard InChI is InChI=1S/C15H19NO4S/c1-19-12(17)8-15(6-7-15)9-21-13-10(14(18)20-2)4-3-5-11(13)16/h3-5H,6-9,16H2,1-2H3. The summed E-state index contributed by atoms with van der Waals surface area (Å²) in [5.74, 6) is 0.144. The van der Waals surface area contributed by atoms with Crippen molar-refractivity contribution in [3.63, 3.8) is 0 Å². The fraction of sp³-hybridized carbons (Fsp3) is 0.467. The molecule has 0 aromatic heterocycles. The molecule has 0 amide bonds. The van der Waals surface area contributed by atoms with Crippen molar-refractivity contribution >= 4 is 29.4 Å². The third-order valence-corrected chi connectivity index (χ3v) is 5.18. The zero-order valence-corrected chi connectivity index (χ0v) is 13.0. The van der Waals surface area contributed by atoms with Crippen molar-refractivity contribution in [2.24, 2.45) is 5.41 Å². The van der Waals surface area contributed by atoms with Gasteiger partial charge in [0.1, 0.15) is 0 Å². The van der Waals surface area contributed by atoms with Gasteiger partial charge in [0.25, 0.3) is 0 Å². The van der Waals surface area contributed by atoms with E-state index in [0.29, 0.717) is 17.7 Å². The molecule has 0 unspecified atom stereocenters. The number of thioether (sulfide) groups is 1. The second-order valence-corrected chi connectivity index (χ2v) is 6.24. The van der Waals surface area contributed by atoms with Crippen molar-refractivity contribution in [3.05, 3.63) is 23.8 Å². The van der Waals surface area contributed by atoms with E-state index in [9.17, 15) is 9.59 Å². The molecule has 0 heterocycles. The summed E-state index contributed by atoms with van der Waals surface area (Å²) in [6, 6.07) is 5.19. The summed E-state index contributed by atoms with van der Waals surface area (Å²) in [7, 11) is 2.75. The summed E-state index contributed by atoms with van der Waals surface area (Å²) in [4.78, 5) is 23.9. The molecule has 21 heavy (non-hydrogen) atoms. The molecule has 0 atom stereocenters. The fourth-order valence-corrected chi connectivity index (χ4v) is 3.52. The van der Waals surface area contributed by atoms with Crippen LogP contribution in [-0.2, 0) is 14.3 Å². The van der Waals surface area contributed by atoms with Crippen LogP contribution >= 0.6 is 11.8 Å². The minimum atomic E-state index is -0.400. The Kier molecular flexibility index (Phi) is 4.77. The van der Waals surface area contributed by atoms with Gasteiger partial charge < -0.3 is 15.2 Å². The smallest absolute Gasteiger partial charge is 0.339 e. The molecule has 0 aliphatic heterocycles. The fourth-order valence-electron chi connectivity index (χ4n) is 2.14. The molecular formula is C15H19NO4S. The number of rotatable bonds is 6. The minimum absolute atomic E-state index is 0.0204. The van der Waals surface area contributed by atoms with Crippen LogP contribution in [0.2, 0.25) is 0 Å². The molecule has 6 heteroatoms. The summed E-state index contributed by atoms with van der Waals surface area (Å²) in [5.41, 5.74) is 6.97. The van der Waals surface area contributed by atoms with E-state index in [1.807, 2.05) is 0 Å². The first kappa shape index (κ1) is 15.7. The zero-order valence-electron chi connectivity index (χ0n) is 12.2. The summed E-state index contributed by atoms with van der Waals surface area (Å²) in [6.07, 6.45) is 2.40. The number of hydrogen-bond donors (Lipinski definition) is 1. The van der Waals surface area contributed by atoms with Gasteiger partial charge in [0.2, 0.25) is 0 Å². The second-order valence-electron chi connectivity index (χ2n) is 5.26. The highest BCUT2D eigenvalue weighted by molar-refractivity contribution is 7.99. The molecule has 0 bridgehead atoms. The lowest BCUT2D eigenvalue weighted by Gasteiger charge is -2.15. The Morgan fingerprint density at radius 3 is 2.57 bits per heavy atom. The highest BCUT2D eigenvalue weighted by Crippen LogP contribution is 2.52. The first-order valence-electron chi connectivity index (χ1n) is 6.68. The van der Waals surface area contributed by atoms with E-state index in [4.69, 9.17) is 15.2 Å². The number of carbonyl (C=O) groups excluding carboxylic acids is 2. The van der Waals surface area contributed by atoms with Gasteiger partial charge in [0.05, 0.1) is 26.2 Å². The topological polar surface area (TPSA) is 78.6 Å². The summed E-state index contributed by atoms with van der Waals surface area (Å²) in [5, 5.41) is 0. The predicted octanol–water partition coefficient (Wildman–Crippen LogP) is 2.49. The first-order chi connectivity index (χ1) is 10.0. The second kappa shape index (κ2) is 6.39. The number of nitrogens with two attached hydrogens (primary N) is 1. The highest BCUT2D eigenvalue weighted by Gasteiger charge is 2.44. The van der Waals surface area contributed by atoms with Crippen LogP contribution in [0.1, 0.15) is 29.6 Å². The van der Waals surface area contributed by atoms with Gasteiger partial charge in [-0.05, 0) is 30.4 Å². The Morgan fingerprint density at radius 1 is 1.29 bits per heavy atom. The molecule has 2 N–H and O–H groups in total. The van der Waals surface area contributed by atoms with E-state index in [1.54, 1.807) is 18.2 Å². The average Bonchev–Trinajstić information content (AvgIpc) is 3.24. The van der Waals surface area contributed by atoms with E-state index in [-0.39, 0.29) is 11.4 Å². The molecule has 5 nitrogen and oxygen atoms in total. The van der Waals surface area contributed by atoms with Crippen LogP contribution < -0.4 is 5.73 Å². The molecule has 0 spiro atoms. The van der Waals surface area contributed by atoms with Crippen molar-refractivity contribution < 1.29 is 19.1 Å².